The molecular formula is C14H28N2O. The molecule has 17 heavy (non-hydrogen) atoms. The van der Waals surface area contributed by atoms with Crippen molar-refractivity contribution in [1.29, 1.82) is 0 Å². The highest BCUT2D eigenvalue weighted by Crippen LogP contribution is 2.38. The van der Waals surface area contributed by atoms with Crippen molar-refractivity contribution in [1.82, 2.24) is 9.80 Å². The molecule has 1 aliphatic carbocycles. The number of ether oxygens (including phenoxy) is 1. The first-order valence-electron chi connectivity index (χ1n) is 7.21. The van der Waals surface area contributed by atoms with Crippen molar-refractivity contribution in [3.05, 3.63) is 0 Å². The Hall–Kier alpha value is -0.120. The summed E-state index contributed by atoms with van der Waals surface area (Å²) < 4.78 is 5.39. The Morgan fingerprint density at radius 3 is 2.47 bits per heavy atom. The molecule has 3 heteroatoms. The van der Waals surface area contributed by atoms with Crippen LogP contribution in [-0.2, 0) is 4.74 Å². The molecule has 1 heterocycles. The van der Waals surface area contributed by atoms with E-state index in [2.05, 4.69) is 30.6 Å². The van der Waals surface area contributed by atoms with Crippen LogP contribution in [-0.4, -0.2) is 61.8 Å². The van der Waals surface area contributed by atoms with Gasteiger partial charge in [-0.2, -0.15) is 0 Å². The average molecular weight is 240 g/mol. The van der Waals surface area contributed by atoms with Crippen molar-refractivity contribution < 1.29 is 4.74 Å². The molecule has 100 valence electrons. The van der Waals surface area contributed by atoms with Crippen LogP contribution in [0, 0.1) is 11.8 Å². The minimum absolute atomic E-state index is 0.684. The number of hydrogen-bond acceptors (Lipinski definition) is 3. The number of morpholine rings is 1. The minimum Gasteiger partial charge on any atom is -0.379 e. The Labute approximate surface area is 106 Å². The van der Waals surface area contributed by atoms with Crippen molar-refractivity contribution in [2.24, 2.45) is 11.8 Å². The first kappa shape index (κ1) is 13.3. The summed E-state index contributed by atoms with van der Waals surface area (Å²) in [5, 5.41) is 0. The van der Waals surface area contributed by atoms with Crippen molar-refractivity contribution in [2.75, 3.05) is 45.9 Å². The lowest BCUT2D eigenvalue weighted by Crippen LogP contribution is -2.43. The lowest BCUT2D eigenvalue weighted by molar-refractivity contribution is 0.0313. The third-order valence-electron chi connectivity index (χ3n) is 4.28. The van der Waals surface area contributed by atoms with E-state index in [-0.39, 0.29) is 0 Å². The normalized spacial score (nSPS) is 30.2. The van der Waals surface area contributed by atoms with Gasteiger partial charge in [-0.05, 0) is 32.1 Å². The second kappa shape index (κ2) is 6.17. The molecule has 2 fully saturated rings. The minimum atomic E-state index is 0.684. The summed E-state index contributed by atoms with van der Waals surface area (Å²) in [4.78, 5) is 5.19. The van der Waals surface area contributed by atoms with Gasteiger partial charge in [0.25, 0.3) is 0 Å². The number of hydrogen-bond donors (Lipinski definition) is 0. The molecule has 0 bridgehead atoms. The summed E-state index contributed by atoms with van der Waals surface area (Å²) in [5.74, 6) is 1.95. The second-order valence-corrected chi connectivity index (χ2v) is 6.02. The highest BCUT2D eigenvalue weighted by atomic mass is 16.5. The van der Waals surface area contributed by atoms with Gasteiger partial charge in [0.2, 0.25) is 0 Å². The Balaban J connectivity index is 1.69. The maximum absolute atomic E-state index is 5.39. The molecular weight excluding hydrogens is 212 g/mol. The van der Waals surface area contributed by atoms with Crippen LogP contribution in [0.25, 0.3) is 0 Å². The van der Waals surface area contributed by atoms with E-state index < -0.39 is 0 Å². The molecule has 0 aromatic heterocycles. The Morgan fingerprint density at radius 1 is 1.29 bits per heavy atom. The second-order valence-electron chi connectivity index (χ2n) is 6.02. The van der Waals surface area contributed by atoms with Gasteiger partial charge in [-0.1, -0.05) is 6.92 Å². The van der Waals surface area contributed by atoms with Crippen LogP contribution in [0.5, 0.6) is 0 Å². The molecule has 2 atom stereocenters. The van der Waals surface area contributed by atoms with E-state index >= 15 is 0 Å². The fourth-order valence-electron chi connectivity index (χ4n) is 2.61. The fourth-order valence-corrected chi connectivity index (χ4v) is 2.61. The number of nitrogens with zero attached hydrogens (tertiary/aromatic N) is 2. The van der Waals surface area contributed by atoms with E-state index in [0.717, 1.165) is 38.1 Å². The molecule has 3 nitrogen and oxygen atoms in total. The van der Waals surface area contributed by atoms with Crippen LogP contribution in [0.2, 0.25) is 0 Å². The van der Waals surface area contributed by atoms with Gasteiger partial charge in [-0.3, -0.25) is 9.80 Å². The Kier molecular flexibility index (Phi) is 4.83. The Bertz CT molecular complexity index is 226. The first-order valence-corrected chi connectivity index (χ1v) is 7.21. The predicted octanol–water partition coefficient (Wildman–Crippen LogP) is 1.69. The highest BCUT2D eigenvalue weighted by molar-refractivity contribution is 4.86. The van der Waals surface area contributed by atoms with Crippen LogP contribution < -0.4 is 0 Å². The number of rotatable bonds is 6. The van der Waals surface area contributed by atoms with Crippen molar-refractivity contribution in [3.63, 3.8) is 0 Å². The van der Waals surface area contributed by atoms with Crippen LogP contribution in [0.4, 0.5) is 0 Å². The van der Waals surface area contributed by atoms with Crippen LogP contribution in [0.15, 0.2) is 0 Å². The van der Waals surface area contributed by atoms with Gasteiger partial charge in [-0.15, -0.1) is 0 Å². The smallest absolute Gasteiger partial charge is 0.0594 e. The summed E-state index contributed by atoms with van der Waals surface area (Å²) in [6.45, 7) is 14.8. The molecule has 0 radical (unpaired) electrons. The summed E-state index contributed by atoms with van der Waals surface area (Å²) in [7, 11) is 0. The molecule has 0 spiro atoms. The molecule has 1 saturated carbocycles. The van der Waals surface area contributed by atoms with Crippen molar-refractivity contribution >= 4 is 0 Å². The molecule has 2 unspecified atom stereocenters. The van der Waals surface area contributed by atoms with Gasteiger partial charge in [0.1, 0.15) is 0 Å². The van der Waals surface area contributed by atoms with Gasteiger partial charge in [-0.25, -0.2) is 0 Å². The van der Waals surface area contributed by atoms with Crippen LogP contribution >= 0.6 is 0 Å². The quantitative estimate of drug-likeness (QED) is 0.702. The predicted molar refractivity (Wildman–Crippen MR) is 71.2 cm³/mol. The topological polar surface area (TPSA) is 15.7 Å². The molecule has 2 aliphatic rings. The fraction of sp³-hybridized carbons (Fsp3) is 1.00. The monoisotopic (exact) mass is 240 g/mol. The lowest BCUT2D eigenvalue weighted by Gasteiger charge is -2.32. The summed E-state index contributed by atoms with van der Waals surface area (Å²) in [5.41, 5.74) is 0. The molecule has 0 N–H and O–H groups in total. The largest absolute Gasteiger partial charge is 0.379 e. The Morgan fingerprint density at radius 2 is 1.94 bits per heavy atom. The van der Waals surface area contributed by atoms with Crippen LogP contribution in [0.3, 0.4) is 0 Å². The van der Waals surface area contributed by atoms with Crippen LogP contribution in [0.1, 0.15) is 27.2 Å². The zero-order valence-electron chi connectivity index (χ0n) is 11.7. The third kappa shape index (κ3) is 4.23. The molecule has 1 aliphatic heterocycles. The zero-order chi connectivity index (χ0) is 12.3. The van der Waals surface area contributed by atoms with E-state index in [1.54, 1.807) is 0 Å². The molecule has 0 amide bonds. The summed E-state index contributed by atoms with van der Waals surface area (Å²) in [6.07, 6.45) is 1.45. The standard InChI is InChI=1S/C14H28N2O/c1-12(2)16(11-14-10-13(14)3)5-4-15-6-8-17-9-7-15/h12-14H,4-11H2,1-3H3. The molecule has 0 aromatic carbocycles. The maximum atomic E-state index is 5.39. The molecule has 2 rings (SSSR count). The van der Waals surface area contributed by atoms with E-state index in [9.17, 15) is 0 Å². The average Bonchev–Trinajstić information content (AvgIpc) is 3.01. The molecule has 1 saturated heterocycles. The van der Waals surface area contributed by atoms with Gasteiger partial charge in [0.15, 0.2) is 0 Å². The van der Waals surface area contributed by atoms with Crippen molar-refractivity contribution in [2.45, 2.75) is 33.2 Å². The van der Waals surface area contributed by atoms with Gasteiger partial charge in [0, 0.05) is 38.8 Å². The third-order valence-corrected chi connectivity index (χ3v) is 4.28. The SMILES string of the molecule is CC1CC1CN(CCN1CCOCC1)C(C)C. The van der Waals surface area contributed by atoms with E-state index in [1.165, 1.54) is 26.1 Å². The van der Waals surface area contributed by atoms with E-state index in [4.69, 9.17) is 4.74 Å². The molecule has 0 aromatic rings. The van der Waals surface area contributed by atoms with E-state index in [0.29, 0.717) is 6.04 Å². The van der Waals surface area contributed by atoms with E-state index in [1.807, 2.05) is 0 Å². The zero-order valence-corrected chi connectivity index (χ0v) is 11.7. The maximum Gasteiger partial charge on any atom is 0.0594 e. The van der Waals surface area contributed by atoms with Gasteiger partial charge in [0.05, 0.1) is 13.2 Å². The summed E-state index contributed by atoms with van der Waals surface area (Å²) >= 11 is 0. The van der Waals surface area contributed by atoms with Crippen molar-refractivity contribution in [3.8, 4) is 0 Å². The van der Waals surface area contributed by atoms with Gasteiger partial charge < -0.3 is 4.74 Å². The van der Waals surface area contributed by atoms with Gasteiger partial charge >= 0.3 is 0 Å². The highest BCUT2D eigenvalue weighted by Gasteiger charge is 2.34. The summed E-state index contributed by atoms with van der Waals surface area (Å²) in [6, 6.07) is 0.684. The first-order chi connectivity index (χ1) is 8.16. The lowest BCUT2D eigenvalue weighted by atomic mass is 10.2.